The number of rotatable bonds is 3. The van der Waals surface area contributed by atoms with Crippen molar-refractivity contribution in [2.24, 2.45) is 0 Å². The molecular formula is C19H20Cl2N2O. The zero-order valence-electron chi connectivity index (χ0n) is 13.8. The molecule has 3 rings (SSSR count). The Balaban J connectivity index is 1.76. The van der Waals surface area contributed by atoms with E-state index in [0.29, 0.717) is 16.6 Å². The van der Waals surface area contributed by atoms with Crippen molar-refractivity contribution in [2.75, 3.05) is 18.0 Å². The van der Waals surface area contributed by atoms with E-state index in [2.05, 4.69) is 36.1 Å². The van der Waals surface area contributed by atoms with Crippen LogP contribution in [-0.2, 0) is 11.3 Å². The van der Waals surface area contributed by atoms with Gasteiger partial charge in [-0.05, 0) is 37.6 Å². The molecule has 0 saturated carbocycles. The van der Waals surface area contributed by atoms with Crippen molar-refractivity contribution in [1.29, 1.82) is 0 Å². The molecule has 1 heterocycles. The second kappa shape index (κ2) is 7.14. The van der Waals surface area contributed by atoms with Gasteiger partial charge in [-0.15, -0.1) is 0 Å². The monoisotopic (exact) mass is 362 g/mol. The molecule has 3 nitrogen and oxygen atoms in total. The first-order valence-corrected chi connectivity index (χ1v) is 8.77. The molecule has 1 aliphatic rings. The zero-order chi connectivity index (χ0) is 17.3. The molecule has 0 bridgehead atoms. The molecule has 1 saturated heterocycles. The van der Waals surface area contributed by atoms with E-state index in [9.17, 15) is 4.79 Å². The molecule has 1 aliphatic heterocycles. The van der Waals surface area contributed by atoms with E-state index in [4.69, 9.17) is 23.2 Å². The van der Waals surface area contributed by atoms with E-state index in [1.54, 1.807) is 17.0 Å². The molecule has 5 heteroatoms. The fraction of sp³-hybridized carbons (Fsp3) is 0.316. The number of aryl methyl sites for hydroxylation is 1. The molecule has 1 fully saturated rings. The molecule has 2 aromatic carbocycles. The van der Waals surface area contributed by atoms with Crippen molar-refractivity contribution in [2.45, 2.75) is 26.4 Å². The van der Waals surface area contributed by atoms with Crippen molar-refractivity contribution < 1.29 is 4.79 Å². The Bertz CT molecular complexity index is 763. The lowest BCUT2D eigenvalue weighted by Crippen LogP contribution is -2.55. The second-order valence-corrected chi connectivity index (χ2v) is 7.06. The third kappa shape index (κ3) is 3.59. The van der Waals surface area contributed by atoms with Gasteiger partial charge in [0.25, 0.3) is 0 Å². The van der Waals surface area contributed by atoms with Crippen LogP contribution in [0.1, 0.15) is 18.1 Å². The van der Waals surface area contributed by atoms with Gasteiger partial charge in [0, 0.05) is 24.7 Å². The highest BCUT2D eigenvalue weighted by Crippen LogP contribution is 2.31. The second-order valence-electron chi connectivity index (χ2n) is 6.22. The number of hydrogen-bond acceptors (Lipinski definition) is 2. The first-order chi connectivity index (χ1) is 11.5. The van der Waals surface area contributed by atoms with E-state index in [1.807, 2.05) is 13.0 Å². The van der Waals surface area contributed by atoms with Gasteiger partial charge in [0.15, 0.2) is 0 Å². The van der Waals surface area contributed by atoms with Crippen LogP contribution in [-0.4, -0.2) is 29.9 Å². The molecule has 24 heavy (non-hydrogen) atoms. The third-order valence-electron chi connectivity index (χ3n) is 4.45. The highest BCUT2D eigenvalue weighted by atomic mass is 35.5. The van der Waals surface area contributed by atoms with Gasteiger partial charge in [-0.2, -0.15) is 0 Å². The largest absolute Gasteiger partial charge is 0.308 e. The van der Waals surface area contributed by atoms with Crippen molar-refractivity contribution >= 4 is 34.8 Å². The van der Waals surface area contributed by atoms with E-state index in [-0.39, 0.29) is 11.9 Å². The first kappa shape index (κ1) is 17.3. The summed E-state index contributed by atoms with van der Waals surface area (Å²) < 4.78 is 0. The minimum Gasteiger partial charge on any atom is -0.308 e. The average Bonchev–Trinajstić information content (AvgIpc) is 2.53. The molecule has 0 N–H and O–H groups in total. The summed E-state index contributed by atoms with van der Waals surface area (Å²) in [7, 11) is 0. The van der Waals surface area contributed by atoms with Gasteiger partial charge < -0.3 is 4.90 Å². The Hall–Kier alpha value is -1.55. The molecule has 0 aromatic heterocycles. The van der Waals surface area contributed by atoms with Crippen LogP contribution >= 0.6 is 23.2 Å². The van der Waals surface area contributed by atoms with E-state index in [0.717, 1.165) is 18.8 Å². The fourth-order valence-electron chi connectivity index (χ4n) is 3.11. The molecular weight excluding hydrogens is 343 g/mol. The average molecular weight is 363 g/mol. The van der Waals surface area contributed by atoms with Gasteiger partial charge in [-0.1, -0.05) is 53.0 Å². The van der Waals surface area contributed by atoms with Crippen LogP contribution in [0.5, 0.6) is 0 Å². The van der Waals surface area contributed by atoms with Crippen molar-refractivity contribution in [3.8, 4) is 0 Å². The zero-order valence-corrected chi connectivity index (χ0v) is 15.3. The third-order valence-corrected chi connectivity index (χ3v) is 4.99. The number of amides is 1. The summed E-state index contributed by atoms with van der Waals surface area (Å²) in [5.41, 5.74) is 3.19. The van der Waals surface area contributed by atoms with Crippen LogP contribution in [0.25, 0.3) is 0 Å². The number of benzene rings is 2. The van der Waals surface area contributed by atoms with Crippen LogP contribution in [0.3, 0.4) is 0 Å². The summed E-state index contributed by atoms with van der Waals surface area (Å²) in [5.74, 6) is 0.0677. The first-order valence-electron chi connectivity index (χ1n) is 8.02. The Morgan fingerprint density at radius 2 is 1.92 bits per heavy atom. The van der Waals surface area contributed by atoms with Crippen molar-refractivity contribution in [3.05, 3.63) is 63.6 Å². The van der Waals surface area contributed by atoms with Crippen LogP contribution in [0, 0.1) is 6.92 Å². The van der Waals surface area contributed by atoms with Gasteiger partial charge in [0.05, 0.1) is 16.8 Å². The Morgan fingerprint density at radius 3 is 2.62 bits per heavy atom. The maximum Gasteiger partial charge on any atom is 0.244 e. The lowest BCUT2D eigenvalue weighted by Gasteiger charge is -2.39. The Kier molecular flexibility index (Phi) is 5.14. The van der Waals surface area contributed by atoms with Gasteiger partial charge in [-0.3, -0.25) is 9.69 Å². The topological polar surface area (TPSA) is 23.6 Å². The molecule has 126 valence electrons. The number of carbonyl (C=O) groups excluding carboxylic acids is 1. The molecule has 1 amide bonds. The summed E-state index contributed by atoms with van der Waals surface area (Å²) >= 11 is 12.2. The van der Waals surface area contributed by atoms with E-state index in [1.165, 1.54) is 11.1 Å². The SMILES string of the molecule is Cc1cccc(CN2CCN(c3ccc(Cl)cc3Cl)C(=O)[C@@H]2C)c1. The maximum absolute atomic E-state index is 12.8. The number of hydrogen-bond donors (Lipinski definition) is 0. The fourth-order valence-corrected chi connectivity index (χ4v) is 3.62. The standard InChI is InChI=1S/C19H20Cl2N2O/c1-13-4-3-5-15(10-13)12-22-8-9-23(19(24)14(22)2)18-7-6-16(20)11-17(18)21/h3-7,10-11,14H,8-9,12H2,1-2H3/t14-/m0/s1. The van der Waals surface area contributed by atoms with Gasteiger partial charge >= 0.3 is 0 Å². The maximum atomic E-state index is 12.8. The van der Waals surface area contributed by atoms with Crippen molar-refractivity contribution in [1.82, 2.24) is 4.90 Å². The number of nitrogens with zero attached hydrogens (tertiary/aromatic N) is 2. The van der Waals surface area contributed by atoms with Crippen molar-refractivity contribution in [3.63, 3.8) is 0 Å². The minimum atomic E-state index is -0.189. The smallest absolute Gasteiger partial charge is 0.244 e. The molecule has 1 atom stereocenters. The lowest BCUT2D eigenvalue weighted by atomic mass is 10.1. The summed E-state index contributed by atoms with van der Waals surface area (Å²) in [6.45, 7) is 6.24. The summed E-state index contributed by atoms with van der Waals surface area (Å²) in [4.78, 5) is 16.8. The van der Waals surface area contributed by atoms with E-state index < -0.39 is 0 Å². The quantitative estimate of drug-likeness (QED) is 0.799. The molecule has 0 unspecified atom stereocenters. The summed E-state index contributed by atoms with van der Waals surface area (Å²) in [6, 6.07) is 13.5. The predicted octanol–water partition coefficient (Wildman–Crippen LogP) is 4.54. The van der Waals surface area contributed by atoms with Crippen LogP contribution in [0.4, 0.5) is 5.69 Å². The summed E-state index contributed by atoms with van der Waals surface area (Å²) in [5, 5.41) is 1.08. The van der Waals surface area contributed by atoms with Gasteiger partial charge in [0.1, 0.15) is 0 Å². The molecule has 0 aliphatic carbocycles. The highest BCUT2D eigenvalue weighted by molar-refractivity contribution is 6.36. The van der Waals surface area contributed by atoms with Gasteiger partial charge in [-0.25, -0.2) is 0 Å². The lowest BCUT2D eigenvalue weighted by molar-refractivity contribution is -0.125. The number of piperazine rings is 1. The molecule has 0 spiro atoms. The molecule has 2 aromatic rings. The minimum absolute atomic E-state index is 0.0677. The Labute approximate surface area is 152 Å². The number of carbonyl (C=O) groups is 1. The van der Waals surface area contributed by atoms with Crippen LogP contribution < -0.4 is 4.90 Å². The van der Waals surface area contributed by atoms with Gasteiger partial charge in [0.2, 0.25) is 5.91 Å². The van der Waals surface area contributed by atoms with Crippen LogP contribution in [0.15, 0.2) is 42.5 Å². The number of halogens is 2. The van der Waals surface area contributed by atoms with Crippen LogP contribution in [0.2, 0.25) is 10.0 Å². The normalized spacial score (nSPS) is 18.9. The predicted molar refractivity (Wildman–Crippen MR) is 99.9 cm³/mol. The van der Waals surface area contributed by atoms with E-state index >= 15 is 0 Å². The Morgan fingerprint density at radius 1 is 1.12 bits per heavy atom. The molecule has 0 radical (unpaired) electrons. The summed E-state index contributed by atoms with van der Waals surface area (Å²) in [6.07, 6.45) is 0. The highest BCUT2D eigenvalue weighted by Gasteiger charge is 2.33. The number of anilines is 1.